The van der Waals surface area contributed by atoms with Gasteiger partial charge in [0.1, 0.15) is 5.82 Å². The second-order valence-corrected chi connectivity index (χ2v) is 7.13. The summed E-state index contributed by atoms with van der Waals surface area (Å²) in [6.07, 6.45) is 8.30. The van der Waals surface area contributed by atoms with Gasteiger partial charge in [-0.1, -0.05) is 0 Å². The maximum atomic E-state index is 12.4. The molecule has 0 atom stereocenters. The molecule has 25 heavy (non-hydrogen) atoms. The first-order valence-electron chi connectivity index (χ1n) is 9.01. The van der Waals surface area contributed by atoms with Crippen molar-refractivity contribution in [3.8, 4) is 0 Å². The molecule has 1 saturated carbocycles. The van der Waals surface area contributed by atoms with Crippen molar-refractivity contribution in [3.05, 3.63) is 50.4 Å². The topological polar surface area (TPSA) is 81.8 Å². The lowest BCUT2D eigenvalue weighted by atomic mass is 9.91. The Bertz CT molecular complexity index is 893. The number of rotatable bonds is 3. The van der Waals surface area contributed by atoms with Gasteiger partial charge in [-0.05, 0) is 50.5 Å². The summed E-state index contributed by atoms with van der Waals surface area (Å²) < 4.78 is 3.16. The molecule has 2 heterocycles. The zero-order chi connectivity index (χ0) is 17.4. The molecule has 2 aromatic heterocycles. The van der Waals surface area contributed by atoms with Crippen LogP contribution < -0.4 is 16.4 Å². The van der Waals surface area contributed by atoms with E-state index in [1.807, 2.05) is 0 Å². The van der Waals surface area contributed by atoms with Crippen LogP contribution in [0.25, 0.3) is 0 Å². The molecule has 0 unspecified atom stereocenters. The number of nitrogens with zero attached hydrogens (tertiary/aromatic N) is 4. The lowest BCUT2D eigenvalue weighted by Gasteiger charge is -2.30. The van der Waals surface area contributed by atoms with Crippen LogP contribution >= 0.6 is 0 Å². The highest BCUT2D eigenvalue weighted by molar-refractivity contribution is 5.33. The van der Waals surface area contributed by atoms with E-state index in [1.54, 1.807) is 17.8 Å². The van der Waals surface area contributed by atoms with Crippen molar-refractivity contribution >= 4 is 5.82 Å². The Labute approximate surface area is 145 Å². The van der Waals surface area contributed by atoms with Crippen molar-refractivity contribution in [2.75, 3.05) is 5.32 Å². The zero-order valence-corrected chi connectivity index (χ0v) is 14.4. The van der Waals surface area contributed by atoms with Gasteiger partial charge >= 0.3 is 0 Å². The third kappa shape index (κ3) is 3.23. The Kier molecular flexibility index (Phi) is 4.15. The van der Waals surface area contributed by atoms with E-state index < -0.39 is 0 Å². The van der Waals surface area contributed by atoms with Crippen LogP contribution in [0.1, 0.15) is 49.4 Å². The van der Waals surface area contributed by atoms with E-state index >= 15 is 0 Å². The number of anilines is 1. The molecule has 0 aromatic carbocycles. The molecular formula is C18H23N5O2. The van der Waals surface area contributed by atoms with Crippen molar-refractivity contribution in [2.24, 2.45) is 7.05 Å². The Hall–Kier alpha value is -2.44. The van der Waals surface area contributed by atoms with Crippen molar-refractivity contribution in [2.45, 2.75) is 57.0 Å². The van der Waals surface area contributed by atoms with Crippen LogP contribution in [0.5, 0.6) is 0 Å². The Morgan fingerprint density at radius 1 is 1.08 bits per heavy atom. The molecule has 7 heteroatoms. The van der Waals surface area contributed by atoms with Crippen molar-refractivity contribution in [1.82, 2.24) is 19.3 Å². The molecule has 0 radical (unpaired) electrons. The second-order valence-electron chi connectivity index (χ2n) is 7.13. The summed E-state index contributed by atoms with van der Waals surface area (Å²) in [6.45, 7) is 0. The van der Waals surface area contributed by atoms with E-state index in [4.69, 9.17) is 0 Å². The molecule has 0 amide bonds. The monoisotopic (exact) mass is 341 g/mol. The van der Waals surface area contributed by atoms with E-state index in [-0.39, 0.29) is 23.2 Å². The predicted molar refractivity (Wildman–Crippen MR) is 94.9 cm³/mol. The molecule has 1 fully saturated rings. The van der Waals surface area contributed by atoms with Gasteiger partial charge in [-0.3, -0.25) is 9.59 Å². The summed E-state index contributed by atoms with van der Waals surface area (Å²) in [5, 5.41) is 7.98. The molecule has 132 valence electrons. The third-order valence-corrected chi connectivity index (χ3v) is 5.35. The van der Waals surface area contributed by atoms with E-state index in [9.17, 15) is 9.59 Å². The molecule has 0 aliphatic heterocycles. The van der Waals surface area contributed by atoms with Gasteiger partial charge < -0.3 is 9.88 Å². The minimum Gasteiger partial charge on any atom is -0.367 e. The van der Waals surface area contributed by atoms with Gasteiger partial charge in [-0.25, -0.2) is 9.67 Å². The number of nitrogens with one attached hydrogen (secondary N) is 1. The summed E-state index contributed by atoms with van der Waals surface area (Å²) in [6, 6.07) is 3.76. The van der Waals surface area contributed by atoms with Gasteiger partial charge in [0.15, 0.2) is 0 Å². The fraction of sp³-hybridized carbons (Fsp3) is 0.556. The molecule has 1 N–H and O–H groups in total. The van der Waals surface area contributed by atoms with Crippen LogP contribution in [0, 0.1) is 0 Å². The minimum absolute atomic E-state index is 0.0327. The average molecular weight is 341 g/mol. The summed E-state index contributed by atoms with van der Waals surface area (Å²) in [5.74, 6) is 0.624. The maximum Gasteiger partial charge on any atom is 0.267 e. The predicted octanol–water partition coefficient (Wildman–Crippen LogP) is 1.42. The molecular weight excluding hydrogens is 318 g/mol. The number of hydrogen-bond acceptors (Lipinski definition) is 5. The lowest BCUT2D eigenvalue weighted by molar-refractivity contribution is 0.301. The summed E-state index contributed by atoms with van der Waals surface area (Å²) in [4.78, 5) is 28.3. The molecule has 7 nitrogen and oxygen atoms in total. The molecule has 0 bridgehead atoms. The largest absolute Gasteiger partial charge is 0.367 e. The first-order valence-corrected chi connectivity index (χ1v) is 9.01. The second kappa shape index (κ2) is 6.46. The van der Waals surface area contributed by atoms with Crippen molar-refractivity contribution in [1.29, 1.82) is 0 Å². The first-order chi connectivity index (χ1) is 12.1. The molecule has 2 aliphatic rings. The zero-order valence-electron chi connectivity index (χ0n) is 14.4. The minimum atomic E-state index is -0.0694. The van der Waals surface area contributed by atoms with Crippen LogP contribution in [0.4, 0.5) is 5.82 Å². The SMILES string of the molecule is Cn1cnc(NC2CCC(n3nc4c(cc3=O)CCC4)CC2)cc1=O. The summed E-state index contributed by atoms with van der Waals surface area (Å²) in [7, 11) is 1.69. The van der Waals surface area contributed by atoms with Crippen LogP contribution in [0.2, 0.25) is 0 Å². The van der Waals surface area contributed by atoms with Crippen LogP contribution in [-0.4, -0.2) is 25.4 Å². The van der Waals surface area contributed by atoms with Gasteiger partial charge in [-0.2, -0.15) is 5.10 Å². The summed E-state index contributed by atoms with van der Waals surface area (Å²) in [5.41, 5.74) is 2.20. The quantitative estimate of drug-likeness (QED) is 0.913. The molecule has 2 aliphatic carbocycles. The fourth-order valence-electron chi connectivity index (χ4n) is 3.89. The number of aromatic nitrogens is 4. The van der Waals surface area contributed by atoms with E-state index in [0.717, 1.165) is 56.2 Å². The molecule has 2 aromatic rings. The standard InChI is InChI=1S/C18H23N5O2/c1-22-11-19-16(10-17(22)24)20-13-5-7-14(8-6-13)23-18(25)9-12-3-2-4-15(12)21-23/h9-11,13-14,20H,2-8H2,1H3. The third-order valence-electron chi connectivity index (χ3n) is 5.35. The van der Waals surface area contributed by atoms with E-state index in [2.05, 4.69) is 15.4 Å². The van der Waals surface area contributed by atoms with Gasteiger partial charge in [0.05, 0.1) is 18.1 Å². The number of fused-ring (bicyclic) bond motifs is 1. The lowest BCUT2D eigenvalue weighted by Crippen LogP contribution is -2.34. The highest BCUT2D eigenvalue weighted by Gasteiger charge is 2.25. The average Bonchev–Trinajstić information content (AvgIpc) is 3.05. The Morgan fingerprint density at radius 3 is 2.64 bits per heavy atom. The number of hydrogen-bond donors (Lipinski definition) is 1. The molecule has 0 saturated heterocycles. The van der Waals surface area contributed by atoms with Gasteiger partial charge in [0.25, 0.3) is 11.1 Å². The van der Waals surface area contributed by atoms with E-state index in [1.165, 1.54) is 17.0 Å². The number of aryl methyl sites for hydroxylation is 3. The highest BCUT2D eigenvalue weighted by atomic mass is 16.1. The van der Waals surface area contributed by atoms with Crippen LogP contribution in [0.15, 0.2) is 28.0 Å². The molecule has 4 rings (SSSR count). The summed E-state index contributed by atoms with van der Waals surface area (Å²) >= 11 is 0. The van der Waals surface area contributed by atoms with Crippen molar-refractivity contribution in [3.63, 3.8) is 0 Å². The normalized spacial score (nSPS) is 22.6. The Balaban J connectivity index is 1.42. The Morgan fingerprint density at radius 2 is 1.88 bits per heavy atom. The van der Waals surface area contributed by atoms with Crippen molar-refractivity contribution < 1.29 is 0 Å². The van der Waals surface area contributed by atoms with Gasteiger partial charge in [0, 0.05) is 25.2 Å². The van der Waals surface area contributed by atoms with Gasteiger partial charge in [0.2, 0.25) is 0 Å². The maximum absolute atomic E-state index is 12.4. The highest BCUT2D eigenvalue weighted by Crippen LogP contribution is 2.29. The first kappa shape index (κ1) is 16.1. The smallest absolute Gasteiger partial charge is 0.267 e. The van der Waals surface area contributed by atoms with E-state index in [0.29, 0.717) is 5.82 Å². The van der Waals surface area contributed by atoms with Crippen LogP contribution in [-0.2, 0) is 19.9 Å². The fourth-order valence-corrected chi connectivity index (χ4v) is 3.89. The van der Waals surface area contributed by atoms with Gasteiger partial charge in [-0.15, -0.1) is 0 Å². The molecule has 0 spiro atoms. The van der Waals surface area contributed by atoms with Crippen LogP contribution in [0.3, 0.4) is 0 Å².